The van der Waals surface area contributed by atoms with Crippen molar-refractivity contribution in [2.24, 2.45) is 0 Å². The number of benzene rings is 9. The molecule has 0 N–H and O–H groups in total. The molecule has 0 fully saturated rings. The van der Waals surface area contributed by atoms with Gasteiger partial charge < -0.3 is 13.7 Å². The summed E-state index contributed by atoms with van der Waals surface area (Å²) < 4.78 is 313. The summed E-state index contributed by atoms with van der Waals surface area (Å²) in [5, 5.41) is -4.62. The number of fused-ring (bicyclic) bond motifs is 8. The van der Waals surface area contributed by atoms with E-state index in [0.717, 1.165) is 0 Å². The first-order chi connectivity index (χ1) is 41.0. The van der Waals surface area contributed by atoms with Crippen molar-refractivity contribution in [1.29, 1.82) is 0 Å². The fourth-order valence-electron chi connectivity index (χ4n) is 6.18. The third-order valence-electron chi connectivity index (χ3n) is 8.49. The predicted octanol–water partition coefficient (Wildman–Crippen LogP) is 15.1. The number of rotatable bonds is 6. The summed E-state index contributed by atoms with van der Waals surface area (Å²) in [5.74, 6) is 0. The van der Waals surface area contributed by atoms with Crippen molar-refractivity contribution in [2.45, 2.75) is 0 Å². The van der Waals surface area contributed by atoms with Crippen LogP contribution in [0.3, 0.4) is 0 Å². The van der Waals surface area contributed by atoms with Gasteiger partial charge in [-0.25, -0.2) is 0 Å². The zero-order valence-corrected chi connectivity index (χ0v) is 27.3. The topological polar surface area (TPSA) is 29.5 Å². The fraction of sp³-hybridized carbons (Fsp3) is 0. The van der Waals surface area contributed by atoms with E-state index in [-0.39, 0.29) is 0 Å². The second-order valence-electron chi connectivity index (χ2n) is 11.5. The van der Waals surface area contributed by atoms with Gasteiger partial charge in [0.25, 0.3) is 0 Å². The maximum absolute atomic E-state index is 10.5. The predicted molar refractivity (Wildman–Crippen MR) is 229 cm³/mol. The minimum absolute atomic E-state index is 0.416. The first-order valence-corrected chi connectivity index (χ1v) is 16.0. The van der Waals surface area contributed by atoms with Crippen molar-refractivity contribution in [2.75, 3.05) is 4.90 Å². The normalized spacial score (nSPS) is 20.0. The second kappa shape index (κ2) is 12.6. The van der Waals surface area contributed by atoms with Gasteiger partial charge in [-0.2, -0.15) is 0 Å². The van der Waals surface area contributed by atoms with E-state index in [0.29, 0.717) is 4.90 Å². The number of nitrogens with zero attached hydrogens (tertiary/aromatic N) is 1. The molecule has 0 aliphatic carbocycles. The summed E-state index contributed by atoms with van der Waals surface area (Å²) in [6, 6.07) is -35.3. The zero-order chi connectivity index (χ0) is 65.0. The lowest BCUT2D eigenvalue weighted by Gasteiger charge is -2.27. The van der Waals surface area contributed by atoms with Crippen LogP contribution in [0.15, 0.2) is 208 Å². The average molecular weight is 737 g/mol. The Labute approximate surface area is 364 Å². The smallest absolute Gasteiger partial charge is 0.159 e. The van der Waals surface area contributed by atoms with Crippen LogP contribution in [0.2, 0.25) is 0 Å². The number of para-hydroxylation sites is 2. The van der Waals surface area contributed by atoms with E-state index < -0.39 is 304 Å². The van der Waals surface area contributed by atoms with Crippen molar-refractivity contribution >= 4 is 71.7 Å². The molecule has 2 aromatic heterocycles. The highest BCUT2D eigenvalue weighted by Crippen LogP contribution is 2.50. The lowest BCUT2D eigenvalue weighted by Crippen LogP contribution is -2.11. The van der Waals surface area contributed by atoms with Crippen LogP contribution in [0, 0.1) is 0 Å². The molecule has 0 aliphatic rings. The standard InChI is InChI=1S/C52H33NO2/c1-4-15-34(16-5-1)36-27-29-39(30-28-36)53(46-25-14-24-43-41-22-12-13-26-48(41)54-52(43)46)47-31-38(35-17-6-2-7-18-35)32-49-50(47)45-33-44(37-19-8-3-9-20-37)40-21-10-11-23-42(40)51(45)55-49/h1-33H/i1D,2D,3D,4D,5D,6D,7D,8D,9D,10D,11D,12D,13D,14D,15D,16D,17D,18D,19D,20D,21D,22D,23D,24D,25D,26D,27D,28D,29D,30D,31D,32D,33D. The number of hydrogen-bond acceptors (Lipinski definition) is 3. The van der Waals surface area contributed by atoms with Crippen molar-refractivity contribution in [3.63, 3.8) is 0 Å². The SMILES string of the molecule is [2H]c1c([2H])c([2H])c(-c2c([2H])c([2H])c(N(c3c([2H])c([2H])c([2H])c4c3oc3c([2H])c([2H])c([2H])c([2H])c34)c3c([2H])c(-c4c([2H])c([2H])c([2H])c([2H])c4[2H])c([2H])c4oc5c6c([2H])c([2H])c([2H])c([2H])c6c(-c6c([2H])c([2H])c([2H])c([2H])c6[2H])c([2H])c5c34)c([2H])c2[2H])c([2H])c1[2H]. The molecule has 0 aliphatic heterocycles. The van der Waals surface area contributed by atoms with Crippen LogP contribution in [0.5, 0.6) is 0 Å². The lowest BCUT2D eigenvalue weighted by atomic mass is 9.94. The van der Waals surface area contributed by atoms with Crippen LogP contribution in [-0.4, -0.2) is 0 Å². The molecule has 11 aromatic rings. The van der Waals surface area contributed by atoms with Gasteiger partial charge in [-0.05, 0) is 81.1 Å². The molecule has 9 aromatic carbocycles. The van der Waals surface area contributed by atoms with E-state index in [1.54, 1.807) is 0 Å². The van der Waals surface area contributed by atoms with Gasteiger partial charge in [0.2, 0.25) is 0 Å². The summed E-state index contributed by atoms with van der Waals surface area (Å²) >= 11 is 0. The Bertz CT molecular complexity index is 5030. The van der Waals surface area contributed by atoms with Crippen LogP contribution < -0.4 is 4.90 Å². The van der Waals surface area contributed by atoms with E-state index in [1.807, 2.05) is 0 Å². The van der Waals surface area contributed by atoms with E-state index in [2.05, 4.69) is 0 Å². The van der Waals surface area contributed by atoms with Gasteiger partial charge in [0, 0.05) is 27.2 Å². The molecule has 0 spiro atoms. The Morgan fingerprint density at radius 3 is 1.62 bits per heavy atom. The van der Waals surface area contributed by atoms with E-state index in [1.165, 1.54) is 0 Å². The first-order valence-electron chi connectivity index (χ1n) is 32.5. The minimum Gasteiger partial charge on any atom is -0.455 e. The molecule has 0 unspecified atom stereocenters. The van der Waals surface area contributed by atoms with E-state index >= 15 is 0 Å². The molecule has 0 atom stereocenters. The van der Waals surface area contributed by atoms with Gasteiger partial charge in [-0.15, -0.1) is 0 Å². The first kappa shape index (κ1) is 12.6. The maximum Gasteiger partial charge on any atom is 0.159 e. The molecule has 2 heterocycles. The minimum atomic E-state index is -1.35. The van der Waals surface area contributed by atoms with Gasteiger partial charge in [0.15, 0.2) is 5.58 Å². The van der Waals surface area contributed by atoms with E-state index in [9.17, 15) is 16.4 Å². The summed E-state index contributed by atoms with van der Waals surface area (Å²) in [6.45, 7) is 0. The highest BCUT2D eigenvalue weighted by molar-refractivity contribution is 6.23. The van der Waals surface area contributed by atoms with Crippen molar-refractivity contribution in [3.8, 4) is 33.4 Å². The molecule has 0 amide bonds. The molecule has 0 radical (unpaired) electrons. The second-order valence-corrected chi connectivity index (χ2v) is 11.5. The molecule has 11 rings (SSSR count). The number of hydrogen-bond donors (Lipinski definition) is 0. The van der Waals surface area contributed by atoms with Gasteiger partial charge >= 0.3 is 0 Å². The Kier molecular flexibility index (Phi) is 2.90. The molecule has 0 saturated heterocycles. The Balaban J connectivity index is 1.52. The Hall–Kier alpha value is -7.36. The summed E-state index contributed by atoms with van der Waals surface area (Å²) in [4.78, 5) is 0.416. The van der Waals surface area contributed by atoms with Crippen molar-refractivity contribution < 1.29 is 54.1 Å². The molecule has 55 heavy (non-hydrogen) atoms. The van der Waals surface area contributed by atoms with Crippen LogP contribution in [-0.2, 0) is 0 Å². The van der Waals surface area contributed by atoms with Gasteiger partial charge in [-0.1, -0.05) is 157 Å². The molecule has 3 heteroatoms. The quantitative estimate of drug-likeness (QED) is 0.170. The van der Waals surface area contributed by atoms with Crippen LogP contribution >= 0.6 is 0 Å². The van der Waals surface area contributed by atoms with Gasteiger partial charge in [0.05, 0.1) is 62.0 Å². The molecular weight excluding hydrogens is 671 g/mol. The lowest BCUT2D eigenvalue weighted by molar-refractivity contribution is 0.669. The highest BCUT2D eigenvalue weighted by Gasteiger charge is 2.26. The third-order valence-corrected chi connectivity index (χ3v) is 8.49. The Morgan fingerprint density at radius 1 is 0.345 bits per heavy atom. The summed E-state index contributed by atoms with van der Waals surface area (Å²) in [6.07, 6.45) is 0. The summed E-state index contributed by atoms with van der Waals surface area (Å²) in [7, 11) is 0. The largest absolute Gasteiger partial charge is 0.455 e. The monoisotopic (exact) mass is 736 g/mol. The number of furan rings is 2. The third kappa shape index (κ3) is 5.13. The highest BCUT2D eigenvalue weighted by atomic mass is 16.3. The summed E-state index contributed by atoms with van der Waals surface area (Å²) in [5.41, 5.74) is -12.7. The van der Waals surface area contributed by atoms with Gasteiger partial charge in [0.1, 0.15) is 16.7 Å². The van der Waals surface area contributed by atoms with Crippen LogP contribution in [0.1, 0.15) is 45.2 Å². The van der Waals surface area contributed by atoms with Gasteiger partial charge in [-0.3, -0.25) is 0 Å². The molecule has 0 saturated carbocycles. The maximum atomic E-state index is 10.5. The van der Waals surface area contributed by atoms with Crippen LogP contribution in [0.25, 0.3) is 88.0 Å². The fourth-order valence-corrected chi connectivity index (χ4v) is 6.18. The Morgan fingerprint density at radius 2 is 0.891 bits per heavy atom. The van der Waals surface area contributed by atoms with Crippen LogP contribution in [0.4, 0.5) is 17.1 Å². The molecule has 3 nitrogen and oxygen atoms in total. The van der Waals surface area contributed by atoms with Crippen molar-refractivity contribution in [1.82, 2.24) is 0 Å². The van der Waals surface area contributed by atoms with E-state index in [4.69, 9.17) is 37.6 Å². The van der Waals surface area contributed by atoms with Crippen molar-refractivity contribution in [3.05, 3.63) is 199 Å². The molecular formula is C52H33NO2. The average Bonchev–Trinajstić information content (AvgIpc) is 1.41. The number of anilines is 3. The zero-order valence-electron chi connectivity index (χ0n) is 60.3. The molecule has 258 valence electrons. The molecule has 0 bridgehead atoms.